The average Bonchev–Trinajstić information content (AvgIpc) is 3.09. The summed E-state index contributed by atoms with van der Waals surface area (Å²) in [6.45, 7) is 6.60. The van der Waals surface area contributed by atoms with Crippen molar-refractivity contribution in [1.29, 1.82) is 0 Å². The van der Waals surface area contributed by atoms with Gasteiger partial charge in [0.05, 0.1) is 23.1 Å². The maximum atomic E-state index is 13.7. The number of anilines is 3. The Labute approximate surface area is 193 Å². The molecule has 1 fully saturated rings. The zero-order valence-electron chi connectivity index (χ0n) is 18.7. The van der Waals surface area contributed by atoms with Gasteiger partial charge in [0.2, 0.25) is 17.8 Å². The number of piperidine rings is 1. The standard InChI is InChI=1S/C17H21FN4O.C5H4F3N3/c1-4-16(23)19-13-9-14-15(8-11(13)2)21(3)17(20-14)22-7-5-6-12(18)10-22;6-5(7,8)3-1-10-4(9)11-2-3/h4,8-9,12H,1,5-7,10H2,2-3H3,(H,19,23);1-2H,(H2,9,10,11). The van der Waals surface area contributed by atoms with Crippen LogP contribution in [0.25, 0.3) is 11.0 Å². The van der Waals surface area contributed by atoms with Crippen molar-refractivity contribution in [3.8, 4) is 0 Å². The number of imidazole rings is 1. The molecule has 0 saturated carbocycles. The lowest BCUT2D eigenvalue weighted by Gasteiger charge is -2.29. The monoisotopic (exact) mass is 479 g/mol. The molecule has 3 heterocycles. The van der Waals surface area contributed by atoms with Crippen molar-refractivity contribution in [3.05, 3.63) is 48.3 Å². The predicted octanol–water partition coefficient (Wildman–Crippen LogP) is 4.02. The van der Waals surface area contributed by atoms with Gasteiger partial charge in [-0.05, 0) is 43.5 Å². The Morgan fingerprint density at radius 2 is 1.97 bits per heavy atom. The molecule has 1 amide bonds. The summed E-state index contributed by atoms with van der Waals surface area (Å²) < 4.78 is 51.1. The summed E-state index contributed by atoms with van der Waals surface area (Å²) in [5, 5.41) is 2.79. The highest BCUT2D eigenvalue weighted by molar-refractivity contribution is 6.00. The van der Waals surface area contributed by atoms with E-state index in [1.54, 1.807) is 0 Å². The number of halogens is 4. The largest absolute Gasteiger partial charge is 0.419 e. The SMILES string of the molecule is C=CC(=O)Nc1cc2nc(N3CCCC(F)C3)n(C)c2cc1C.Nc1ncc(C(F)(F)F)cn1. The van der Waals surface area contributed by atoms with E-state index in [0.29, 0.717) is 31.0 Å². The van der Waals surface area contributed by atoms with Crippen molar-refractivity contribution in [2.75, 3.05) is 29.0 Å². The van der Waals surface area contributed by atoms with E-state index < -0.39 is 17.9 Å². The predicted molar refractivity (Wildman–Crippen MR) is 122 cm³/mol. The van der Waals surface area contributed by atoms with E-state index in [1.807, 2.05) is 35.6 Å². The zero-order valence-corrected chi connectivity index (χ0v) is 18.7. The van der Waals surface area contributed by atoms with Crippen LogP contribution in [0.1, 0.15) is 24.0 Å². The number of nitrogens with one attached hydrogen (secondary N) is 1. The van der Waals surface area contributed by atoms with Gasteiger partial charge >= 0.3 is 6.18 Å². The summed E-state index contributed by atoms with van der Waals surface area (Å²) in [5.41, 5.74) is 7.50. The van der Waals surface area contributed by atoms with Crippen LogP contribution in [0.15, 0.2) is 37.2 Å². The maximum Gasteiger partial charge on any atom is 0.419 e. The molecule has 1 atom stereocenters. The Hall–Kier alpha value is -3.70. The Morgan fingerprint density at radius 1 is 1.29 bits per heavy atom. The van der Waals surface area contributed by atoms with Crippen LogP contribution in [-0.2, 0) is 18.0 Å². The van der Waals surface area contributed by atoms with Crippen LogP contribution < -0.4 is 16.0 Å². The van der Waals surface area contributed by atoms with Crippen molar-refractivity contribution in [2.24, 2.45) is 7.05 Å². The van der Waals surface area contributed by atoms with Gasteiger partial charge in [-0.25, -0.2) is 19.3 Å². The molecule has 34 heavy (non-hydrogen) atoms. The van der Waals surface area contributed by atoms with E-state index >= 15 is 0 Å². The maximum absolute atomic E-state index is 13.7. The number of nitrogens with two attached hydrogens (primary N) is 1. The summed E-state index contributed by atoms with van der Waals surface area (Å²) >= 11 is 0. The fourth-order valence-corrected chi connectivity index (χ4v) is 3.52. The molecule has 0 radical (unpaired) electrons. The Balaban J connectivity index is 0.000000248. The number of alkyl halides is 4. The van der Waals surface area contributed by atoms with Crippen molar-refractivity contribution in [1.82, 2.24) is 19.5 Å². The number of amides is 1. The van der Waals surface area contributed by atoms with Crippen LogP contribution in [-0.4, -0.2) is 44.7 Å². The van der Waals surface area contributed by atoms with Gasteiger partial charge in [0.15, 0.2) is 0 Å². The molecule has 0 bridgehead atoms. The lowest BCUT2D eigenvalue weighted by Crippen LogP contribution is -2.37. The minimum atomic E-state index is -4.40. The smallest absolute Gasteiger partial charge is 0.368 e. The Morgan fingerprint density at radius 3 is 2.56 bits per heavy atom. The Kier molecular flexibility index (Phi) is 7.38. The summed E-state index contributed by atoms with van der Waals surface area (Å²) in [4.78, 5) is 24.5. The van der Waals surface area contributed by atoms with Gasteiger partial charge in [-0.1, -0.05) is 6.58 Å². The molecule has 1 unspecified atom stereocenters. The topological polar surface area (TPSA) is 102 Å². The minimum Gasteiger partial charge on any atom is -0.368 e. The number of aromatic nitrogens is 4. The highest BCUT2D eigenvalue weighted by Crippen LogP contribution is 2.29. The fraction of sp³-hybridized carbons (Fsp3) is 0.364. The van der Waals surface area contributed by atoms with E-state index in [9.17, 15) is 22.4 Å². The van der Waals surface area contributed by atoms with Crippen LogP contribution >= 0.6 is 0 Å². The summed E-state index contributed by atoms with van der Waals surface area (Å²) in [6.07, 6.45) is -1.21. The van der Waals surface area contributed by atoms with Gasteiger partial charge < -0.3 is 20.5 Å². The molecule has 182 valence electrons. The highest BCUT2D eigenvalue weighted by atomic mass is 19.4. The van der Waals surface area contributed by atoms with Gasteiger partial charge in [-0.15, -0.1) is 0 Å². The first kappa shape index (κ1) is 24.9. The van der Waals surface area contributed by atoms with Crippen LogP contribution in [0.3, 0.4) is 0 Å². The van der Waals surface area contributed by atoms with E-state index in [0.717, 1.165) is 35.5 Å². The van der Waals surface area contributed by atoms with E-state index in [1.165, 1.54) is 6.08 Å². The lowest BCUT2D eigenvalue weighted by molar-refractivity contribution is -0.138. The molecule has 3 N–H and O–H groups in total. The second kappa shape index (κ2) is 10.1. The molecule has 1 aromatic carbocycles. The van der Waals surface area contributed by atoms with Crippen molar-refractivity contribution in [2.45, 2.75) is 32.1 Å². The minimum absolute atomic E-state index is 0.169. The highest BCUT2D eigenvalue weighted by Gasteiger charge is 2.31. The van der Waals surface area contributed by atoms with Crippen LogP contribution in [0.4, 0.5) is 35.1 Å². The summed E-state index contributed by atoms with van der Waals surface area (Å²) in [5.74, 6) is 0.354. The van der Waals surface area contributed by atoms with Crippen LogP contribution in [0.2, 0.25) is 0 Å². The third kappa shape index (κ3) is 5.80. The van der Waals surface area contributed by atoms with E-state index in [-0.39, 0.29) is 11.9 Å². The number of aryl methyl sites for hydroxylation is 2. The molecule has 1 aliphatic rings. The summed E-state index contributed by atoms with van der Waals surface area (Å²) in [7, 11) is 1.94. The van der Waals surface area contributed by atoms with Crippen molar-refractivity contribution in [3.63, 3.8) is 0 Å². The van der Waals surface area contributed by atoms with Crippen molar-refractivity contribution < 1.29 is 22.4 Å². The van der Waals surface area contributed by atoms with Gasteiger partial charge in [0, 0.05) is 31.7 Å². The lowest BCUT2D eigenvalue weighted by atomic mass is 10.1. The van der Waals surface area contributed by atoms with E-state index in [4.69, 9.17) is 5.73 Å². The molecule has 4 rings (SSSR count). The number of nitrogen functional groups attached to an aromatic ring is 1. The number of nitrogens with zero attached hydrogens (tertiary/aromatic N) is 5. The molecule has 2 aromatic heterocycles. The third-order valence-corrected chi connectivity index (χ3v) is 5.29. The van der Waals surface area contributed by atoms with Crippen LogP contribution in [0, 0.1) is 6.92 Å². The van der Waals surface area contributed by atoms with Crippen molar-refractivity contribution >= 4 is 34.5 Å². The summed E-state index contributed by atoms with van der Waals surface area (Å²) in [6, 6.07) is 3.84. The number of fused-ring (bicyclic) bond motifs is 1. The molecule has 0 aliphatic carbocycles. The number of carbonyl (C=O) groups is 1. The van der Waals surface area contributed by atoms with Gasteiger partial charge in [-0.2, -0.15) is 13.2 Å². The molecule has 8 nitrogen and oxygen atoms in total. The number of hydrogen-bond acceptors (Lipinski definition) is 6. The molecule has 1 saturated heterocycles. The van der Waals surface area contributed by atoms with E-state index in [2.05, 4.69) is 26.8 Å². The molecule has 1 aliphatic heterocycles. The molecular weight excluding hydrogens is 454 g/mol. The molecular formula is C22H25F4N7O. The quantitative estimate of drug-likeness (QED) is 0.435. The first-order valence-corrected chi connectivity index (χ1v) is 10.4. The second-order valence-corrected chi connectivity index (χ2v) is 7.83. The first-order valence-electron chi connectivity index (χ1n) is 10.4. The first-order chi connectivity index (χ1) is 16.0. The molecule has 12 heteroatoms. The van der Waals surface area contributed by atoms with Crippen LogP contribution in [0.5, 0.6) is 0 Å². The Bertz CT molecular complexity index is 1170. The number of rotatable bonds is 3. The normalized spacial score (nSPS) is 16.1. The molecule has 0 spiro atoms. The number of benzene rings is 1. The second-order valence-electron chi connectivity index (χ2n) is 7.83. The number of carbonyl (C=O) groups excluding carboxylic acids is 1. The zero-order chi connectivity index (χ0) is 25.0. The van der Waals surface area contributed by atoms with Gasteiger partial charge in [0.1, 0.15) is 6.17 Å². The van der Waals surface area contributed by atoms with Gasteiger partial charge in [-0.3, -0.25) is 4.79 Å². The molecule has 3 aromatic rings. The third-order valence-electron chi connectivity index (χ3n) is 5.29. The number of hydrogen-bond donors (Lipinski definition) is 2. The fourth-order valence-electron chi connectivity index (χ4n) is 3.52. The average molecular weight is 479 g/mol. The van der Waals surface area contributed by atoms with Gasteiger partial charge in [0.25, 0.3) is 0 Å².